The molecule has 0 aromatic carbocycles. The molecular formula is C10H10Cl2N2O. The second-order valence-corrected chi connectivity index (χ2v) is 4.55. The van der Waals surface area contributed by atoms with Crippen LogP contribution in [0.25, 0.3) is 0 Å². The van der Waals surface area contributed by atoms with Gasteiger partial charge in [0, 0.05) is 6.04 Å². The highest BCUT2D eigenvalue weighted by Gasteiger charge is 2.34. The molecular weight excluding hydrogens is 235 g/mol. The highest BCUT2D eigenvalue weighted by Crippen LogP contribution is 2.29. The number of nitrogens with one attached hydrogen (secondary N) is 1. The number of aromatic nitrogens is 1. The van der Waals surface area contributed by atoms with E-state index in [0.717, 1.165) is 6.42 Å². The number of nitrogens with zero attached hydrogens (tertiary/aromatic N) is 1. The minimum atomic E-state index is -0.253. The van der Waals surface area contributed by atoms with Crippen LogP contribution >= 0.6 is 23.2 Å². The largest absolute Gasteiger partial charge is 0.348 e. The first kappa shape index (κ1) is 10.7. The van der Waals surface area contributed by atoms with Crippen molar-refractivity contribution < 1.29 is 4.79 Å². The quantitative estimate of drug-likeness (QED) is 0.813. The van der Waals surface area contributed by atoms with E-state index < -0.39 is 0 Å². The topological polar surface area (TPSA) is 42.0 Å². The Morgan fingerprint density at radius 1 is 1.53 bits per heavy atom. The minimum absolute atomic E-state index is 0.197. The molecule has 1 aliphatic rings. The van der Waals surface area contributed by atoms with E-state index in [-0.39, 0.29) is 22.8 Å². The molecule has 0 bridgehead atoms. The van der Waals surface area contributed by atoms with Gasteiger partial charge in [0.1, 0.15) is 10.8 Å². The monoisotopic (exact) mass is 244 g/mol. The molecule has 0 saturated heterocycles. The SMILES string of the molecule is CC1CC1NC(=O)c1nc(Cl)ccc1Cl. The van der Waals surface area contributed by atoms with Gasteiger partial charge < -0.3 is 5.32 Å². The molecule has 1 fully saturated rings. The van der Waals surface area contributed by atoms with Gasteiger partial charge >= 0.3 is 0 Å². The summed E-state index contributed by atoms with van der Waals surface area (Å²) in [7, 11) is 0. The van der Waals surface area contributed by atoms with Crippen LogP contribution in [0.5, 0.6) is 0 Å². The summed E-state index contributed by atoms with van der Waals surface area (Å²) >= 11 is 11.5. The molecule has 1 amide bonds. The average molecular weight is 245 g/mol. The van der Waals surface area contributed by atoms with Crippen LogP contribution in [0.4, 0.5) is 0 Å². The van der Waals surface area contributed by atoms with Gasteiger partial charge in [-0.2, -0.15) is 0 Å². The molecule has 1 aromatic heterocycles. The third-order valence-corrected chi connectivity index (χ3v) is 2.97. The zero-order valence-electron chi connectivity index (χ0n) is 8.13. The van der Waals surface area contributed by atoms with E-state index in [2.05, 4.69) is 17.2 Å². The maximum atomic E-state index is 11.7. The Hall–Kier alpha value is -0.800. The molecule has 0 spiro atoms. The number of carbonyl (C=O) groups is 1. The summed E-state index contributed by atoms with van der Waals surface area (Å²) in [5, 5.41) is 3.44. The predicted octanol–water partition coefficient (Wildman–Crippen LogP) is 2.53. The number of pyridine rings is 1. The van der Waals surface area contributed by atoms with E-state index in [1.165, 1.54) is 0 Å². The minimum Gasteiger partial charge on any atom is -0.348 e. The van der Waals surface area contributed by atoms with Gasteiger partial charge in [-0.05, 0) is 24.5 Å². The molecule has 15 heavy (non-hydrogen) atoms. The second-order valence-electron chi connectivity index (χ2n) is 3.76. The van der Waals surface area contributed by atoms with Gasteiger partial charge in [0.25, 0.3) is 5.91 Å². The Morgan fingerprint density at radius 3 is 2.80 bits per heavy atom. The summed E-state index contributed by atoms with van der Waals surface area (Å²) < 4.78 is 0. The van der Waals surface area contributed by atoms with Crippen LogP contribution in [-0.4, -0.2) is 16.9 Å². The van der Waals surface area contributed by atoms with Crippen LogP contribution in [0, 0.1) is 5.92 Å². The Morgan fingerprint density at radius 2 is 2.20 bits per heavy atom. The molecule has 1 aromatic rings. The Bertz CT molecular complexity index is 408. The standard InChI is InChI=1S/C10H10Cl2N2O/c1-5-4-7(5)13-10(15)9-6(11)2-3-8(12)14-9/h2-3,5,7H,4H2,1H3,(H,13,15). The van der Waals surface area contributed by atoms with Crippen molar-refractivity contribution in [1.29, 1.82) is 0 Å². The predicted molar refractivity (Wildman–Crippen MR) is 59.3 cm³/mol. The molecule has 1 aliphatic carbocycles. The molecule has 3 nitrogen and oxygen atoms in total. The van der Waals surface area contributed by atoms with Crippen molar-refractivity contribution >= 4 is 29.1 Å². The zero-order valence-corrected chi connectivity index (χ0v) is 9.64. The maximum Gasteiger partial charge on any atom is 0.271 e. The summed E-state index contributed by atoms with van der Waals surface area (Å²) in [6.07, 6.45) is 1.02. The third-order valence-electron chi connectivity index (χ3n) is 2.45. The van der Waals surface area contributed by atoms with Crippen LogP contribution in [0.2, 0.25) is 10.2 Å². The van der Waals surface area contributed by atoms with Gasteiger partial charge in [0.2, 0.25) is 0 Å². The van der Waals surface area contributed by atoms with Crippen molar-refractivity contribution in [2.24, 2.45) is 5.92 Å². The fourth-order valence-electron chi connectivity index (χ4n) is 1.34. The van der Waals surface area contributed by atoms with E-state index in [1.807, 2.05) is 0 Å². The first-order chi connectivity index (χ1) is 7.08. The number of carbonyl (C=O) groups excluding carboxylic acids is 1. The van der Waals surface area contributed by atoms with Crippen molar-refractivity contribution in [2.45, 2.75) is 19.4 Å². The molecule has 1 heterocycles. The summed E-state index contributed by atoms with van der Waals surface area (Å²) in [5.74, 6) is 0.295. The molecule has 5 heteroatoms. The van der Waals surface area contributed by atoms with Crippen LogP contribution in [0.15, 0.2) is 12.1 Å². The Labute approximate surface area is 97.8 Å². The van der Waals surface area contributed by atoms with E-state index in [4.69, 9.17) is 23.2 Å². The second kappa shape index (κ2) is 3.99. The molecule has 2 unspecified atom stereocenters. The van der Waals surface area contributed by atoms with Crippen LogP contribution in [0.1, 0.15) is 23.8 Å². The zero-order chi connectivity index (χ0) is 11.0. The lowest BCUT2D eigenvalue weighted by Crippen LogP contribution is -2.27. The third kappa shape index (κ3) is 2.41. The van der Waals surface area contributed by atoms with Gasteiger partial charge in [0.15, 0.2) is 0 Å². The van der Waals surface area contributed by atoms with E-state index in [0.29, 0.717) is 10.9 Å². The Balaban J connectivity index is 2.14. The van der Waals surface area contributed by atoms with Crippen molar-refractivity contribution in [3.05, 3.63) is 28.0 Å². The smallest absolute Gasteiger partial charge is 0.271 e. The van der Waals surface area contributed by atoms with Crippen molar-refractivity contribution in [1.82, 2.24) is 10.3 Å². The lowest BCUT2D eigenvalue weighted by atomic mass is 10.3. The number of hydrogen-bond donors (Lipinski definition) is 1. The summed E-state index contributed by atoms with van der Waals surface area (Å²) in [5.41, 5.74) is 0.197. The summed E-state index contributed by atoms with van der Waals surface area (Å²) in [6.45, 7) is 2.08. The normalized spacial score (nSPS) is 23.7. The van der Waals surface area contributed by atoms with Gasteiger partial charge in [-0.25, -0.2) is 4.98 Å². The van der Waals surface area contributed by atoms with Gasteiger partial charge in [-0.3, -0.25) is 4.79 Å². The highest BCUT2D eigenvalue weighted by atomic mass is 35.5. The van der Waals surface area contributed by atoms with Crippen molar-refractivity contribution in [2.75, 3.05) is 0 Å². The first-order valence-electron chi connectivity index (χ1n) is 4.71. The molecule has 1 saturated carbocycles. The van der Waals surface area contributed by atoms with Crippen molar-refractivity contribution in [3.63, 3.8) is 0 Å². The molecule has 2 atom stereocenters. The van der Waals surface area contributed by atoms with E-state index in [9.17, 15) is 4.79 Å². The average Bonchev–Trinajstić information content (AvgIpc) is 2.86. The molecule has 1 N–H and O–H groups in total. The van der Waals surface area contributed by atoms with Crippen LogP contribution < -0.4 is 5.32 Å². The molecule has 80 valence electrons. The lowest BCUT2D eigenvalue weighted by Gasteiger charge is -2.04. The van der Waals surface area contributed by atoms with E-state index >= 15 is 0 Å². The fourth-order valence-corrected chi connectivity index (χ4v) is 1.68. The molecule has 0 radical (unpaired) electrons. The van der Waals surface area contributed by atoms with Crippen LogP contribution in [0.3, 0.4) is 0 Å². The number of rotatable bonds is 2. The van der Waals surface area contributed by atoms with Gasteiger partial charge in [0.05, 0.1) is 5.02 Å². The Kier molecular flexibility index (Phi) is 2.85. The highest BCUT2D eigenvalue weighted by molar-refractivity contribution is 6.34. The maximum absolute atomic E-state index is 11.7. The summed E-state index contributed by atoms with van der Waals surface area (Å²) in [6, 6.07) is 3.39. The van der Waals surface area contributed by atoms with Crippen LogP contribution in [-0.2, 0) is 0 Å². The number of hydrogen-bond acceptors (Lipinski definition) is 2. The van der Waals surface area contributed by atoms with E-state index in [1.54, 1.807) is 12.1 Å². The molecule has 2 rings (SSSR count). The number of halogens is 2. The number of amides is 1. The van der Waals surface area contributed by atoms with Crippen molar-refractivity contribution in [3.8, 4) is 0 Å². The van der Waals surface area contributed by atoms with Gasteiger partial charge in [-0.1, -0.05) is 30.1 Å². The molecule has 0 aliphatic heterocycles. The fraction of sp³-hybridized carbons (Fsp3) is 0.400. The lowest BCUT2D eigenvalue weighted by molar-refractivity contribution is 0.0944. The van der Waals surface area contributed by atoms with Gasteiger partial charge in [-0.15, -0.1) is 0 Å². The first-order valence-corrected chi connectivity index (χ1v) is 5.46. The summed E-state index contributed by atoms with van der Waals surface area (Å²) in [4.78, 5) is 15.6.